The molecule has 0 radical (unpaired) electrons. The van der Waals surface area contributed by atoms with E-state index in [2.05, 4.69) is 0 Å². The second-order valence-electron chi connectivity index (χ2n) is 7.85. The standard InChI is InChI=1S/C25H26N2O5/c1-26-14-24(31-2)23(29)13-21(26)25(30)27-11-10-18-12-19(28)8-9-20(18)22(27)16-32-15-17-6-4-3-5-7-17/h3-9,12-14,22,28H,10-11,15-16H2,1-2H3. The molecular formula is C25H26N2O5. The van der Waals surface area contributed by atoms with Crippen LogP contribution in [0.2, 0.25) is 0 Å². The van der Waals surface area contributed by atoms with Crippen molar-refractivity contribution in [3.63, 3.8) is 0 Å². The van der Waals surface area contributed by atoms with E-state index in [0.29, 0.717) is 26.2 Å². The molecule has 166 valence electrons. The maximum atomic E-state index is 13.5. The number of fused-ring (bicyclic) bond motifs is 1. The molecule has 0 saturated heterocycles. The van der Waals surface area contributed by atoms with Crippen LogP contribution in [0.1, 0.15) is 33.2 Å². The molecule has 7 nitrogen and oxygen atoms in total. The monoisotopic (exact) mass is 434 g/mol. The molecule has 0 bridgehead atoms. The summed E-state index contributed by atoms with van der Waals surface area (Å²) in [6.07, 6.45) is 2.13. The van der Waals surface area contributed by atoms with Gasteiger partial charge in [0.1, 0.15) is 11.4 Å². The SMILES string of the molecule is COc1cn(C)c(C(=O)N2CCc3cc(O)ccc3C2COCc2ccccc2)cc1=O. The van der Waals surface area contributed by atoms with Gasteiger partial charge in [0.05, 0.1) is 32.6 Å². The van der Waals surface area contributed by atoms with Crippen molar-refractivity contribution in [3.8, 4) is 11.5 Å². The molecule has 1 aromatic heterocycles. The fourth-order valence-electron chi connectivity index (χ4n) is 4.10. The van der Waals surface area contributed by atoms with Crippen molar-refractivity contribution in [1.29, 1.82) is 0 Å². The Bertz CT molecular complexity index is 1170. The van der Waals surface area contributed by atoms with E-state index >= 15 is 0 Å². The van der Waals surface area contributed by atoms with Gasteiger partial charge in [-0.05, 0) is 35.2 Å². The number of aryl methyl sites for hydroxylation is 1. The van der Waals surface area contributed by atoms with E-state index in [-0.39, 0.29) is 34.6 Å². The molecule has 1 aliphatic heterocycles. The molecule has 0 saturated carbocycles. The summed E-state index contributed by atoms with van der Waals surface area (Å²) in [5.41, 5.74) is 2.92. The van der Waals surface area contributed by atoms with Crippen LogP contribution in [0.25, 0.3) is 0 Å². The molecule has 0 aliphatic carbocycles. The van der Waals surface area contributed by atoms with Gasteiger partial charge in [0.2, 0.25) is 5.43 Å². The molecule has 7 heteroatoms. The number of aromatic hydroxyl groups is 1. The second kappa shape index (κ2) is 9.28. The van der Waals surface area contributed by atoms with Crippen molar-refractivity contribution in [3.05, 3.63) is 93.4 Å². The number of carbonyl (C=O) groups excluding carboxylic acids is 1. The molecule has 32 heavy (non-hydrogen) atoms. The fourth-order valence-corrected chi connectivity index (χ4v) is 4.10. The largest absolute Gasteiger partial charge is 0.508 e. The molecule has 0 spiro atoms. The van der Waals surface area contributed by atoms with Gasteiger partial charge in [-0.25, -0.2) is 0 Å². The van der Waals surface area contributed by atoms with Crippen LogP contribution in [-0.2, 0) is 24.8 Å². The third-order valence-electron chi connectivity index (χ3n) is 5.77. The Hall–Kier alpha value is -3.58. The number of benzene rings is 2. The van der Waals surface area contributed by atoms with Gasteiger partial charge in [-0.1, -0.05) is 36.4 Å². The van der Waals surface area contributed by atoms with Crippen LogP contribution in [0, 0.1) is 0 Å². The molecular weight excluding hydrogens is 408 g/mol. The number of rotatable bonds is 6. The number of nitrogens with zero attached hydrogens (tertiary/aromatic N) is 2. The number of carbonyl (C=O) groups is 1. The molecule has 1 N–H and O–H groups in total. The third-order valence-corrected chi connectivity index (χ3v) is 5.77. The summed E-state index contributed by atoms with van der Waals surface area (Å²) in [6.45, 7) is 1.17. The maximum Gasteiger partial charge on any atom is 0.271 e. The number of hydrogen-bond donors (Lipinski definition) is 1. The lowest BCUT2D eigenvalue weighted by atomic mass is 9.92. The van der Waals surface area contributed by atoms with Crippen LogP contribution < -0.4 is 10.2 Å². The normalized spacial score (nSPS) is 15.3. The molecule has 1 unspecified atom stereocenters. The van der Waals surface area contributed by atoms with Crippen LogP contribution in [0.5, 0.6) is 11.5 Å². The number of amides is 1. The van der Waals surface area contributed by atoms with Crippen LogP contribution in [0.15, 0.2) is 65.6 Å². The molecule has 1 amide bonds. The minimum atomic E-state index is -0.340. The molecule has 2 aromatic carbocycles. The Labute approximate surface area is 186 Å². The van der Waals surface area contributed by atoms with Crippen molar-refractivity contribution < 1.29 is 19.4 Å². The van der Waals surface area contributed by atoms with Crippen LogP contribution >= 0.6 is 0 Å². The van der Waals surface area contributed by atoms with E-state index in [4.69, 9.17) is 9.47 Å². The van der Waals surface area contributed by atoms with Crippen molar-refractivity contribution in [2.75, 3.05) is 20.3 Å². The van der Waals surface area contributed by atoms with Crippen molar-refractivity contribution in [2.24, 2.45) is 7.05 Å². The van der Waals surface area contributed by atoms with Gasteiger partial charge in [-0.2, -0.15) is 0 Å². The predicted octanol–water partition coefficient (Wildman–Crippen LogP) is 3.06. The van der Waals surface area contributed by atoms with Crippen molar-refractivity contribution in [1.82, 2.24) is 9.47 Å². The first kappa shape index (κ1) is 21.6. The third kappa shape index (κ3) is 4.38. The van der Waals surface area contributed by atoms with Crippen LogP contribution in [0.3, 0.4) is 0 Å². The summed E-state index contributed by atoms with van der Waals surface area (Å²) in [7, 11) is 3.14. The Morgan fingerprint density at radius 3 is 2.69 bits per heavy atom. The van der Waals surface area contributed by atoms with Gasteiger partial charge >= 0.3 is 0 Å². The van der Waals surface area contributed by atoms with E-state index in [1.165, 1.54) is 19.4 Å². The molecule has 3 aromatic rings. The topological polar surface area (TPSA) is 81.0 Å². The number of phenols is 1. The average molecular weight is 434 g/mol. The number of pyridine rings is 1. The first-order valence-electron chi connectivity index (χ1n) is 10.5. The lowest BCUT2D eigenvalue weighted by molar-refractivity contribution is 0.0340. The zero-order chi connectivity index (χ0) is 22.7. The number of methoxy groups -OCH3 is 1. The maximum absolute atomic E-state index is 13.5. The fraction of sp³-hybridized carbons (Fsp3) is 0.280. The van der Waals surface area contributed by atoms with Crippen molar-refractivity contribution in [2.45, 2.75) is 19.1 Å². The zero-order valence-electron chi connectivity index (χ0n) is 18.2. The minimum Gasteiger partial charge on any atom is -0.508 e. The zero-order valence-corrected chi connectivity index (χ0v) is 18.2. The Morgan fingerprint density at radius 2 is 1.94 bits per heavy atom. The lowest BCUT2D eigenvalue weighted by Crippen LogP contribution is -2.43. The second-order valence-corrected chi connectivity index (χ2v) is 7.85. The highest BCUT2D eigenvalue weighted by Gasteiger charge is 2.33. The molecule has 0 fully saturated rings. The minimum absolute atomic E-state index is 0.186. The first-order valence-corrected chi connectivity index (χ1v) is 10.5. The summed E-state index contributed by atoms with van der Waals surface area (Å²) in [5, 5.41) is 9.91. The predicted molar refractivity (Wildman–Crippen MR) is 120 cm³/mol. The Balaban J connectivity index is 1.63. The number of hydrogen-bond acceptors (Lipinski definition) is 5. The molecule has 4 rings (SSSR count). The number of phenolic OH excluding ortho intramolecular Hbond substituents is 1. The highest BCUT2D eigenvalue weighted by atomic mass is 16.5. The smallest absolute Gasteiger partial charge is 0.271 e. The van der Waals surface area contributed by atoms with Crippen molar-refractivity contribution >= 4 is 5.91 Å². The van der Waals surface area contributed by atoms with Gasteiger partial charge in [0.15, 0.2) is 5.75 Å². The van der Waals surface area contributed by atoms with Gasteiger partial charge in [0.25, 0.3) is 5.91 Å². The molecule has 1 atom stereocenters. The van der Waals surface area contributed by atoms with Gasteiger partial charge in [-0.15, -0.1) is 0 Å². The summed E-state index contributed by atoms with van der Waals surface area (Å²) in [5.74, 6) is 0.135. The molecule has 1 aliphatic rings. The summed E-state index contributed by atoms with van der Waals surface area (Å²) in [6, 6.07) is 16.0. The Morgan fingerprint density at radius 1 is 1.16 bits per heavy atom. The van der Waals surface area contributed by atoms with Crippen LogP contribution in [-0.4, -0.2) is 40.7 Å². The Kier molecular flexibility index (Phi) is 6.28. The van der Waals surface area contributed by atoms with E-state index in [1.54, 1.807) is 28.6 Å². The number of aromatic nitrogens is 1. The highest BCUT2D eigenvalue weighted by molar-refractivity contribution is 5.93. The quantitative estimate of drug-likeness (QED) is 0.645. The number of ether oxygens (including phenoxy) is 2. The average Bonchev–Trinajstić information content (AvgIpc) is 2.80. The summed E-state index contributed by atoms with van der Waals surface area (Å²) >= 11 is 0. The van der Waals surface area contributed by atoms with E-state index in [9.17, 15) is 14.7 Å². The van der Waals surface area contributed by atoms with Gasteiger partial charge in [0, 0.05) is 19.7 Å². The van der Waals surface area contributed by atoms with E-state index in [0.717, 1.165) is 16.7 Å². The molecule has 2 heterocycles. The van der Waals surface area contributed by atoms with Crippen LogP contribution in [0.4, 0.5) is 0 Å². The summed E-state index contributed by atoms with van der Waals surface area (Å²) in [4.78, 5) is 27.6. The lowest BCUT2D eigenvalue weighted by Gasteiger charge is -2.37. The summed E-state index contributed by atoms with van der Waals surface area (Å²) < 4.78 is 12.7. The van der Waals surface area contributed by atoms with E-state index < -0.39 is 0 Å². The first-order chi connectivity index (χ1) is 15.5. The van der Waals surface area contributed by atoms with E-state index in [1.807, 2.05) is 36.4 Å². The van der Waals surface area contributed by atoms with Gasteiger partial charge < -0.3 is 24.0 Å². The highest BCUT2D eigenvalue weighted by Crippen LogP contribution is 2.33. The van der Waals surface area contributed by atoms with Gasteiger partial charge in [-0.3, -0.25) is 9.59 Å².